The Hall–Kier alpha value is -2.47. The van der Waals surface area contributed by atoms with Gasteiger partial charge in [-0.05, 0) is 42.5 Å². The first-order valence-corrected chi connectivity index (χ1v) is 7.86. The van der Waals surface area contributed by atoms with Gasteiger partial charge in [-0.1, -0.05) is 6.07 Å². The lowest BCUT2D eigenvalue weighted by Gasteiger charge is -2.08. The van der Waals surface area contributed by atoms with Gasteiger partial charge in [0.2, 0.25) is 0 Å². The predicted octanol–water partition coefficient (Wildman–Crippen LogP) is 3.21. The van der Waals surface area contributed by atoms with Gasteiger partial charge < -0.3 is 14.8 Å². The molecule has 2 aromatic rings. The van der Waals surface area contributed by atoms with Gasteiger partial charge in [0, 0.05) is 16.1 Å². The van der Waals surface area contributed by atoms with Crippen molar-refractivity contribution in [3.8, 4) is 5.75 Å². The van der Waals surface area contributed by atoms with Gasteiger partial charge in [0.25, 0.3) is 5.91 Å². The highest BCUT2D eigenvalue weighted by Gasteiger charge is 2.07. The minimum atomic E-state index is -0.289. The van der Waals surface area contributed by atoms with Crippen molar-refractivity contribution in [2.75, 3.05) is 25.3 Å². The van der Waals surface area contributed by atoms with Crippen molar-refractivity contribution in [3.05, 3.63) is 54.1 Å². The number of rotatable bonds is 6. The van der Waals surface area contributed by atoms with E-state index in [-0.39, 0.29) is 17.6 Å². The summed E-state index contributed by atoms with van der Waals surface area (Å²) in [7, 11) is 2.93. The summed E-state index contributed by atoms with van der Waals surface area (Å²) < 4.78 is 9.67. The quantitative estimate of drug-likeness (QED) is 0.650. The first-order chi connectivity index (χ1) is 11.1. The number of thioether (sulfide) groups is 1. The molecule has 0 unspecified atom stereocenters. The number of carbonyl (C=O) groups is 2. The molecule has 0 fully saturated rings. The summed E-state index contributed by atoms with van der Waals surface area (Å²) in [5.41, 5.74) is 1.21. The van der Waals surface area contributed by atoms with E-state index < -0.39 is 0 Å². The lowest BCUT2D eigenvalue weighted by atomic mass is 10.2. The van der Waals surface area contributed by atoms with Crippen molar-refractivity contribution >= 4 is 29.3 Å². The number of hydrogen-bond acceptors (Lipinski definition) is 5. The first kappa shape index (κ1) is 16.9. The average molecular weight is 331 g/mol. The molecule has 0 aliphatic carbocycles. The number of carbonyl (C=O) groups excluding carboxylic acids is 2. The molecule has 0 aromatic heterocycles. The summed E-state index contributed by atoms with van der Waals surface area (Å²) in [6.45, 7) is 0. The molecule has 120 valence electrons. The molecule has 2 aromatic carbocycles. The van der Waals surface area contributed by atoms with Crippen molar-refractivity contribution in [1.82, 2.24) is 0 Å². The van der Waals surface area contributed by atoms with Crippen LogP contribution in [0, 0.1) is 0 Å². The highest BCUT2D eigenvalue weighted by atomic mass is 32.2. The van der Waals surface area contributed by atoms with Gasteiger partial charge in [-0.25, -0.2) is 0 Å². The molecule has 6 heteroatoms. The third-order valence-electron chi connectivity index (χ3n) is 3.03. The molecular weight excluding hydrogens is 314 g/mol. The number of amides is 1. The Labute approximate surface area is 139 Å². The number of ether oxygens (including phenoxy) is 2. The third kappa shape index (κ3) is 5.03. The third-order valence-corrected chi connectivity index (χ3v) is 4.00. The fourth-order valence-corrected chi connectivity index (χ4v) is 2.60. The van der Waals surface area contributed by atoms with Crippen molar-refractivity contribution in [3.63, 3.8) is 0 Å². The number of nitrogens with one attached hydrogen (secondary N) is 1. The monoisotopic (exact) mass is 331 g/mol. The predicted molar refractivity (Wildman–Crippen MR) is 90.1 cm³/mol. The zero-order chi connectivity index (χ0) is 16.7. The number of hydrogen-bond donors (Lipinski definition) is 1. The molecule has 1 amide bonds. The Morgan fingerprint density at radius 2 is 1.83 bits per heavy atom. The van der Waals surface area contributed by atoms with E-state index in [2.05, 4.69) is 10.1 Å². The first-order valence-electron chi connectivity index (χ1n) is 6.87. The van der Waals surface area contributed by atoms with E-state index >= 15 is 0 Å². The number of benzene rings is 2. The van der Waals surface area contributed by atoms with Crippen LogP contribution in [0.15, 0.2) is 53.4 Å². The second-order valence-corrected chi connectivity index (χ2v) is 5.62. The Kier molecular flexibility index (Phi) is 6.05. The largest absolute Gasteiger partial charge is 0.497 e. The minimum Gasteiger partial charge on any atom is -0.497 e. The summed E-state index contributed by atoms with van der Waals surface area (Å²) in [5.74, 6) is 0.431. The molecule has 0 radical (unpaired) electrons. The van der Waals surface area contributed by atoms with Crippen LogP contribution in [0.5, 0.6) is 5.75 Å². The highest BCUT2D eigenvalue weighted by molar-refractivity contribution is 8.00. The Balaban J connectivity index is 2.01. The molecule has 2 rings (SSSR count). The second-order valence-electron chi connectivity index (χ2n) is 4.58. The van der Waals surface area contributed by atoms with Gasteiger partial charge in [0.05, 0.1) is 20.0 Å². The van der Waals surface area contributed by atoms with Gasteiger partial charge in [-0.3, -0.25) is 9.59 Å². The van der Waals surface area contributed by atoms with Crippen molar-refractivity contribution in [2.24, 2.45) is 0 Å². The van der Waals surface area contributed by atoms with Crippen LogP contribution in [-0.2, 0) is 9.53 Å². The SMILES string of the molecule is COC(=O)CSc1cccc(NC(=O)c2ccc(OC)cc2)c1. The molecule has 1 N–H and O–H groups in total. The van der Waals surface area contributed by atoms with Gasteiger partial charge in [-0.15, -0.1) is 11.8 Å². The topological polar surface area (TPSA) is 64.6 Å². The smallest absolute Gasteiger partial charge is 0.315 e. The maximum Gasteiger partial charge on any atom is 0.315 e. The van der Waals surface area contributed by atoms with Gasteiger partial charge in [0.15, 0.2) is 0 Å². The molecule has 0 atom stereocenters. The van der Waals surface area contributed by atoms with Crippen LogP contribution >= 0.6 is 11.8 Å². The van der Waals surface area contributed by atoms with Crippen molar-refractivity contribution in [2.45, 2.75) is 4.90 Å². The van der Waals surface area contributed by atoms with E-state index in [1.54, 1.807) is 37.4 Å². The maximum absolute atomic E-state index is 12.2. The van der Waals surface area contributed by atoms with Gasteiger partial charge in [0.1, 0.15) is 5.75 Å². The molecule has 23 heavy (non-hydrogen) atoms. The minimum absolute atomic E-state index is 0.206. The molecule has 0 bridgehead atoms. The van der Waals surface area contributed by atoms with Crippen LogP contribution < -0.4 is 10.1 Å². The lowest BCUT2D eigenvalue weighted by molar-refractivity contribution is -0.137. The maximum atomic E-state index is 12.2. The van der Waals surface area contributed by atoms with Gasteiger partial charge in [-0.2, -0.15) is 0 Å². The lowest BCUT2D eigenvalue weighted by Crippen LogP contribution is -2.11. The van der Waals surface area contributed by atoms with Crippen molar-refractivity contribution in [1.29, 1.82) is 0 Å². The van der Waals surface area contributed by atoms with Crippen LogP contribution in [-0.4, -0.2) is 31.8 Å². The van der Waals surface area contributed by atoms with Crippen LogP contribution in [0.3, 0.4) is 0 Å². The summed E-state index contributed by atoms with van der Waals surface area (Å²) in [6.07, 6.45) is 0. The molecule has 0 spiro atoms. The Morgan fingerprint density at radius 1 is 1.09 bits per heavy atom. The second kappa shape index (κ2) is 8.24. The number of esters is 1. The molecule has 0 saturated heterocycles. The molecule has 5 nitrogen and oxygen atoms in total. The van der Waals surface area contributed by atoms with E-state index in [1.807, 2.05) is 18.2 Å². The molecule has 0 aliphatic rings. The zero-order valence-electron chi connectivity index (χ0n) is 12.9. The van der Waals surface area contributed by atoms with E-state index in [9.17, 15) is 9.59 Å². The fourth-order valence-electron chi connectivity index (χ4n) is 1.81. The van der Waals surface area contributed by atoms with E-state index in [0.29, 0.717) is 17.0 Å². The molecule has 0 aliphatic heterocycles. The van der Waals surface area contributed by atoms with Crippen LogP contribution in [0.4, 0.5) is 5.69 Å². The fraction of sp³-hybridized carbons (Fsp3) is 0.176. The standard InChI is InChI=1S/C17H17NO4S/c1-21-14-8-6-12(7-9-14)17(20)18-13-4-3-5-15(10-13)23-11-16(19)22-2/h3-10H,11H2,1-2H3,(H,18,20). The zero-order valence-corrected chi connectivity index (χ0v) is 13.7. The average Bonchev–Trinajstić information content (AvgIpc) is 2.60. The number of anilines is 1. The molecule has 0 saturated carbocycles. The highest BCUT2D eigenvalue weighted by Crippen LogP contribution is 2.22. The van der Waals surface area contributed by atoms with Crippen LogP contribution in [0.25, 0.3) is 0 Å². The normalized spacial score (nSPS) is 10.0. The summed E-state index contributed by atoms with van der Waals surface area (Å²) in [5, 5.41) is 2.83. The van der Waals surface area contributed by atoms with Gasteiger partial charge >= 0.3 is 5.97 Å². The summed E-state index contributed by atoms with van der Waals surface area (Å²) in [4.78, 5) is 24.2. The Bertz CT molecular complexity index is 685. The van der Waals surface area contributed by atoms with E-state index in [0.717, 1.165) is 4.90 Å². The van der Waals surface area contributed by atoms with Crippen LogP contribution in [0.2, 0.25) is 0 Å². The Morgan fingerprint density at radius 3 is 2.48 bits per heavy atom. The summed E-state index contributed by atoms with van der Waals surface area (Å²) in [6, 6.07) is 14.2. The van der Waals surface area contributed by atoms with Crippen LogP contribution in [0.1, 0.15) is 10.4 Å². The van der Waals surface area contributed by atoms with E-state index in [4.69, 9.17) is 4.74 Å². The molecule has 0 heterocycles. The molecular formula is C17H17NO4S. The van der Waals surface area contributed by atoms with E-state index in [1.165, 1.54) is 18.9 Å². The number of methoxy groups -OCH3 is 2. The van der Waals surface area contributed by atoms with Crippen molar-refractivity contribution < 1.29 is 19.1 Å². The summed E-state index contributed by atoms with van der Waals surface area (Å²) >= 11 is 1.35.